The van der Waals surface area contributed by atoms with Crippen LogP contribution in [0.25, 0.3) is 0 Å². The molecule has 1 N–H and O–H groups in total. The van der Waals surface area contributed by atoms with Crippen molar-refractivity contribution >= 4 is 12.1 Å². The molecule has 5 nitrogen and oxygen atoms in total. The molecule has 1 aliphatic carbocycles. The summed E-state index contributed by atoms with van der Waals surface area (Å²) in [7, 11) is 0. The van der Waals surface area contributed by atoms with E-state index in [0.29, 0.717) is 0 Å². The van der Waals surface area contributed by atoms with E-state index in [2.05, 4.69) is 0 Å². The zero-order chi connectivity index (χ0) is 14.5. The van der Waals surface area contributed by atoms with E-state index in [0.717, 1.165) is 24.8 Å². The second-order valence-corrected chi connectivity index (χ2v) is 5.05. The number of carbonyl (C=O) groups excluding carboxylic acids is 1. The number of carboxylic acids is 1. The van der Waals surface area contributed by atoms with Gasteiger partial charge in [0, 0.05) is 6.04 Å². The summed E-state index contributed by atoms with van der Waals surface area (Å²) in [6.07, 6.45) is 2.17. The smallest absolute Gasteiger partial charge is 0.411 e. The molecule has 0 spiro atoms. The maximum absolute atomic E-state index is 12.1. The fourth-order valence-electron chi connectivity index (χ4n) is 2.20. The van der Waals surface area contributed by atoms with E-state index in [1.165, 1.54) is 11.8 Å². The monoisotopic (exact) mass is 277 g/mol. The van der Waals surface area contributed by atoms with Gasteiger partial charge < -0.3 is 9.84 Å². The molecule has 1 amide bonds. The normalized spacial score (nSPS) is 16.1. The third kappa shape index (κ3) is 3.29. The molecular formula is C15H19NO4. The van der Waals surface area contributed by atoms with Gasteiger partial charge in [-0.05, 0) is 31.7 Å². The molecule has 1 aromatic carbocycles. The Morgan fingerprint density at radius 1 is 1.35 bits per heavy atom. The molecule has 0 saturated heterocycles. The molecule has 1 fully saturated rings. The molecule has 108 valence electrons. The minimum Gasteiger partial charge on any atom is -0.480 e. The minimum atomic E-state index is -1.01. The molecule has 1 unspecified atom stereocenters. The summed E-state index contributed by atoms with van der Waals surface area (Å²) >= 11 is 0. The molecule has 0 bridgehead atoms. The third-order valence-corrected chi connectivity index (χ3v) is 3.66. The lowest BCUT2D eigenvalue weighted by atomic mass is 9.91. The van der Waals surface area contributed by atoms with E-state index in [-0.39, 0.29) is 12.6 Å². The average molecular weight is 277 g/mol. The second kappa shape index (κ2) is 6.41. The van der Waals surface area contributed by atoms with E-state index in [9.17, 15) is 9.59 Å². The minimum absolute atomic E-state index is 0.00984. The molecule has 1 aromatic rings. The molecule has 0 aliphatic heterocycles. The maximum Gasteiger partial charge on any atom is 0.411 e. The fraction of sp³-hybridized carbons (Fsp3) is 0.467. The zero-order valence-electron chi connectivity index (χ0n) is 11.5. The first-order valence-corrected chi connectivity index (χ1v) is 6.81. The Hall–Kier alpha value is -2.04. The molecule has 0 radical (unpaired) electrons. The Labute approximate surface area is 118 Å². The van der Waals surface area contributed by atoms with Crippen molar-refractivity contribution in [3.63, 3.8) is 0 Å². The first kappa shape index (κ1) is 14.4. The molecule has 0 heterocycles. The van der Waals surface area contributed by atoms with Crippen LogP contribution < -0.4 is 0 Å². The Morgan fingerprint density at radius 2 is 2.00 bits per heavy atom. The van der Waals surface area contributed by atoms with Gasteiger partial charge in [-0.25, -0.2) is 9.59 Å². The number of amides is 1. The lowest BCUT2D eigenvalue weighted by molar-refractivity contribution is -0.143. The fourth-order valence-corrected chi connectivity index (χ4v) is 2.20. The van der Waals surface area contributed by atoms with E-state index >= 15 is 0 Å². The summed E-state index contributed by atoms with van der Waals surface area (Å²) in [5, 5.41) is 9.11. The quantitative estimate of drug-likeness (QED) is 0.898. The number of hydrogen-bond acceptors (Lipinski definition) is 3. The summed E-state index contributed by atoms with van der Waals surface area (Å²) in [5.41, 5.74) is 0.886. The molecule has 2 rings (SSSR count). The molecular weight excluding hydrogens is 258 g/mol. The summed E-state index contributed by atoms with van der Waals surface area (Å²) in [6, 6.07) is 8.48. The van der Waals surface area contributed by atoms with Crippen LogP contribution in [0.5, 0.6) is 0 Å². The standard InChI is InChI=1S/C15H19NO4/c1-11(14(17)18)16(13-8-5-9-13)15(19)20-10-12-6-3-2-4-7-12/h2-4,6-7,11,13H,5,8-10H2,1H3,(H,17,18). The van der Waals surface area contributed by atoms with Gasteiger partial charge in [-0.2, -0.15) is 0 Å². The predicted octanol–water partition coefficient (Wildman–Crippen LogP) is 2.65. The first-order chi connectivity index (χ1) is 9.59. The van der Waals surface area contributed by atoms with Crippen LogP contribution in [0, 0.1) is 0 Å². The Morgan fingerprint density at radius 3 is 2.50 bits per heavy atom. The van der Waals surface area contributed by atoms with Gasteiger partial charge in [0.2, 0.25) is 0 Å². The van der Waals surface area contributed by atoms with Gasteiger partial charge in [-0.3, -0.25) is 4.90 Å². The van der Waals surface area contributed by atoms with Crippen LogP contribution in [0.3, 0.4) is 0 Å². The Bertz CT molecular complexity index is 470. The molecule has 0 aromatic heterocycles. The summed E-state index contributed by atoms with van der Waals surface area (Å²) < 4.78 is 5.24. The van der Waals surface area contributed by atoms with Crippen molar-refractivity contribution in [2.24, 2.45) is 0 Å². The number of carbonyl (C=O) groups is 2. The van der Waals surface area contributed by atoms with Gasteiger partial charge in [0.05, 0.1) is 0 Å². The van der Waals surface area contributed by atoms with Crippen LogP contribution in [0.2, 0.25) is 0 Å². The number of hydrogen-bond donors (Lipinski definition) is 1. The van der Waals surface area contributed by atoms with E-state index in [1.54, 1.807) is 0 Å². The van der Waals surface area contributed by atoms with Crippen molar-refractivity contribution < 1.29 is 19.4 Å². The second-order valence-electron chi connectivity index (χ2n) is 5.05. The summed E-state index contributed by atoms with van der Waals surface area (Å²) in [4.78, 5) is 24.6. The van der Waals surface area contributed by atoms with Crippen LogP contribution in [0.4, 0.5) is 4.79 Å². The van der Waals surface area contributed by atoms with Gasteiger partial charge >= 0.3 is 12.1 Å². The highest BCUT2D eigenvalue weighted by atomic mass is 16.6. The number of ether oxygens (including phenoxy) is 1. The molecule has 20 heavy (non-hydrogen) atoms. The van der Waals surface area contributed by atoms with Crippen molar-refractivity contribution in [2.45, 2.75) is 44.9 Å². The van der Waals surface area contributed by atoms with Crippen LogP contribution in [-0.2, 0) is 16.1 Å². The number of rotatable bonds is 5. The number of carboxylic acid groups (broad SMARTS) is 1. The highest BCUT2D eigenvalue weighted by molar-refractivity contribution is 5.80. The number of nitrogens with zero attached hydrogens (tertiary/aromatic N) is 1. The van der Waals surface area contributed by atoms with Crippen molar-refractivity contribution in [3.05, 3.63) is 35.9 Å². The van der Waals surface area contributed by atoms with Crippen molar-refractivity contribution in [1.82, 2.24) is 4.90 Å². The lowest BCUT2D eigenvalue weighted by Crippen LogP contribution is -2.52. The zero-order valence-corrected chi connectivity index (χ0v) is 11.5. The molecule has 1 aliphatic rings. The van der Waals surface area contributed by atoms with Gasteiger partial charge in [-0.15, -0.1) is 0 Å². The van der Waals surface area contributed by atoms with Crippen LogP contribution in [-0.4, -0.2) is 34.2 Å². The predicted molar refractivity (Wildman–Crippen MR) is 73.2 cm³/mol. The molecule has 1 atom stereocenters. The average Bonchev–Trinajstić information content (AvgIpc) is 2.40. The molecule has 1 saturated carbocycles. The van der Waals surface area contributed by atoms with Gasteiger partial charge in [0.1, 0.15) is 12.6 Å². The summed E-state index contributed by atoms with van der Waals surface area (Å²) in [5.74, 6) is -1.01. The van der Waals surface area contributed by atoms with Gasteiger partial charge in [0.25, 0.3) is 0 Å². The van der Waals surface area contributed by atoms with Crippen LogP contribution >= 0.6 is 0 Å². The summed E-state index contributed by atoms with van der Waals surface area (Å²) in [6.45, 7) is 1.68. The van der Waals surface area contributed by atoms with Gasteiger partial charge in [-0.1, -0.05) is 30.3 Å². The van der Waals surface area contributed by atoms with E-state index in [1.807, 2.05) is 30.3 Å². The van der Waals surface area contributed by atoms with E-state index < -0.39 is 18.1 Å². The maximum atomic E-state index is 12.1. The van der Waals surface area contributed by atoms with Crippen molar-refractivity contribution in [3.8, 4) is 0 Å². The number of aliphatic carboxylic acids is 1. The van der Waals surface area contributed by atoms with Crippen molar-refractivity contribution in [2.75, 3.05) is 0 Å². The number of benzene rings is 1. The first-order valence-electron chi connectivity index (χ1n) is 6.81. The highest BCUT2D eigenvalue weighted by Crippen LogP contribution is 2.27. The van der Waals surface area contributed by atoms with Gasteiger partial charge in [0.15, 0.2) is 0 Å². The Kier molecular flexibility index (Phi) is 4.61. The van der Waals surface area contributed by atoms with E-state index in [4.69, 9.17) is 9.84 Å². The lowest BCUT2D eigenvalue weighted by Gasteiger charge is -2.38. The van der Waals surface area contributed by atoms with Crippen LogP contribution in [0.1, 0.15) is 31.7 Å². The largest absolute Gasteiger partial charge is 0.480 e. The highest BCUT2D eigenvalue weighted by Gasteiger charge is 2.36. The topological polar surface area (TPSA) is 66.8 Å². The Balaban J connectivity index is 1.97. The third-order valence-electron chi connectivity index (χ3n) is 3.66. The molecule has 5 heteroatoms. The van der Waals surface area contributed by atoms with Crippen molar-refractivity contribution in [1.29, 1.82) is 0 Å². The SMILES string of the molecule is CC(C(=O)O)N(C(=O)OCc1ccccc1)C1CCC1. The van der Waals surface area contributed by atoms with Crippen LogP contribution in [0.15, 0.2) is 30.3 Å².